The van der Waals surface area contributed by atoms with Crippen LogP contribution < -0.4 is 0 Å². The number of esters is 1. The van der Waals surface area contributed by atoms with Crippen LogP contribution in [0.2, 0.25) is 0 Å². The quantitative estimate of drug-likeness (QED) is 0.633. The molecule has 1 aromatic rings. The third kappa shape index (κ3) is 2.75. The van der Waals surface area contributed by atoms with Crippen LogP contribution in [0.15, 0.2) is 16.3 Å². The molecule has 4 heteroatoms. The highest BCUT2D eigenvalue weighted by Gasteiger charge is 2.21. The Hall–Kier alpha value is -0.480. The first kappa shape index (κ1) is 10.1. The van der Waals surface area contributed by atoms with Crippen molar-refractivity contribution >= 4 is 29.9 Å². The molecule has 1 aromatic heterocycles. The van der Waals surface area contributed by atoms with Crippen molar-refractivity contribution in [1.29, 1.82) is 0 Å². The van der Waals surface area contributed by atoms with Gasteiger partial charge in [-0.25, -0.2) is 4.79 Å². The summed E-state index contributed by atoms with van der Waals surface area (Å²) < 4.78 is 5.13. The molecule has 0 bridgehead atoms. The second-order valence-corrected chi connectivity index (χ2v) is 4.96. The Labute approximate surface area is 92.7 Å². The van der Waals surface area contributed by atoms with Gasteiger partial charge in [-0.3, -0.25) is 0 Å². The molecular weight excluding hydrogens is 216 g/mol. The van der Waals surface area contributed by atoms with E-state index in [0.29, 0.717) is 11.5 Å². The Kier molecular flexibility index (Phi) is 3.13. The number of thiophene rings is 1. The molecule has 0 saturated heterocycles. The summed E-state index contributed by atoms with van der Waals surface area (Å²) in [6.07, 6.45) is 3.62. The average molecular weight is 228 g/mol. The van der Waals surface area contributed by atoms with Crippen molar-refractivity contribution in [3.63, 3.8) is 0 Å². The lowest BCUT2D eigenvalue weighted by molar-refractivity contribution is 0.0500. The van der Waals surface area contributed by atoms with Crippen molar-refractivity contribution < 1.29 is 9.53 Å². The van der Waals surface area contributed by atoms with Gasteiger partial charge in [0, 0.05) is 10.3 Å². The van der Waals surface area contributed by atoms with E-state index in [2.05, 4.69) is 12.6 Å². The molecule has 1 heterocycles. The summed E-state index contributed by atoms with van der Waals surface area (Å²) in [6, 6.07) is 1.74. The summed E-state index contributed by atoms with van der Waals surface area (Å²) in [5.41, 5.74) is 0. The maximum atomic E-state index is 11.4. The highest BCUT2D eigenvalue weighted by atomic mass is 32.1. The fraction of sp³-hybridized carbons (Fsp3) is 0.500. The van der Waals surface area contributed by atoms with Crippen LogP contribution in [0.1, 0.15) is 28.9 Å². The maximum absolute atomic E-state index is 11.4. The van der Waals surface area contributed by atoms with Gasteiger partial charge in [0.05, 0.1) is 6.61 Å². The molecule has 0 N–H and O–H groups in total. The van der Waals surface area contributed by atoms with Crippen molar-refractivity contribution in [1.82, 2.24) is 0 Å². The van der Waals surface area contributed by atoms with E-state index in [4.69, 9.17) is 4.74 Å². The van der Waals surface area contributed by atoms with E-state index in [9.17, 15) is 4.79 Å². The van der Waals surface area contributed by atoms with E-state index >= 15 is 0 Å². The van der Waals surface area contributed by atoms with Gasteiger partial charge in [-0.05, 0) is 18.4 Å². The summed E-state index contributed by atoms with van der Waals surface area (Å²) in [6.45, 7) is 0.559. The Morgan fingerprint density at radius 1 is 1.64 bits per heavy atom. The van der Waals surface area contributed by atoms with Gasteiger partial charge in [-0.1, -0.05) is 12.8 Å². The van der Waals surface area contributed by atoms with Gasteiger partial charge < -0.3 is 4.74 Å². The van der Waals surface area contributed by atoms with Gasteiger partial charge in [-0.15, -0.1) is 24.0 Å². The van der Waals surface area contributed by atoms with Crippen LogP contribution in [0.5, 0.6) is 0 Å². The minimum atomic E-state index is -0.212. The number of hydrogen-bond acceptors (Lipinski definition) is 4. The standard InChI is InChI=1S/C10H12O2S2/c11-10(9-5-8(13)6-14-9)12-4-3-7-1-2-7/h5-7,13H,1-4H2. The number of carbonyl (C=O) groups is 1. The van der Waals surface area contributed by atoms with Crippen LogP contribution in [0.25, 0.3) is 0 Å². The lowest BCUT2D eigenvalue weighted by atomic mass is 10.3. The Balaban J connectivity index is 1.76. The van der Waals surface area contributed by atoms with Gasteiger partial charge in [0.25, 0.3) is 0 Å². The summed E-state index contributed by atoms with van der Waals surface area (Å²) in [7, 11) is 0. The van der Waals surface area contributed by atoms with Crippen LogP contribution in [0.4, 0.5) is 0 Å². The second kappa shape index (κ2) is 4.36. The minimum absolute atomic E-state index is 0.212. The molecule has 1 aliphatic carbocycles. The lowest BCUT2D eigenvalue weighted by Gasteiger charge is -2.01. The molecule has 0 aromatic carbocycles. The normalized spacial score (nSPS) is 15.5. The molecular formula is C10H12O2S2. The third-order valence-electron chi connectivity index (χ3n) is 2.24. The molecule has 0 radical (unpaired) electrons. The smallest absolute Gasteiger partial charge is 0.348 e. The maximum Gasteiger partial charge on any atom is 0.348 e. The highest BCUT2D eigenvalue weighted by Crippen LogP contribution is 2.32. The number of ether oxygens (including phenoxy) is 1. The molecule has 0 amide bonds. The zero-order chi connectivity index (χ0) is 9.97. The molecule has 76 valence electrons. The highest BCUT2D eigenvalue weighted by molar-refractivity contribution is 7.80. The van der Waals surface area contributed by atoms with Crippen LogP contribution in [0.3, 0.4) is 0 Å². The van der Waals surface area contributed by atoms with E-state index < -0.39 is 0 Å². The lowest BCUT2D eigenvalue weighted by Crippen LogP contribution is -2.04. The monoisotopic (exact) mass is 228 g/mol. The van der Waals surface area contributed by atoms with Crippen molar-refractivity contribution in [3.8, 4) is 0 Å². The Morgan fingerprint density at radius 3 is 3.00 bits per heavy atom. The molecule has 1 saturated carbocycles. The molecule has 0 aliphatic heterocycles. The van der Waals surface area contributed by atoms with Crippen molar-refractivity contribution in [2.75, 3.05) is 6.61 Å². The Morgan fingerprint density at radius 2 is 2.43 bits per heavy atom. The fourth-order valence-corrected chi connectivity index (χ4v) is 2.27. The Bertz CT molecular complexity index is 329. The van der Waals surface area contributed by atoms with Gasteiger partial charge in [0.2, 0.25) is 0 Å². The first-order chi connectivity index (χ1) is 6.75. The number of rotatable bonds is 4. The second-order valence-electron chi connectivity index (χ2n) is 3.54. The van der Waals surface area contributed by atoms with Gasteiger partial charge in [0.1, 0.15) is 4.88 Å². The summed E-state index contributed by atoms with van der Waals surface area (Å²) >= 11 is 5.52. The number of hydrogen-bond donors (Lipinski definition) is 1. The molecule has 0 atom stereocenters. The van der Waals surface area contributed by atoms with Crippen LogP contribution in [0, 0.1) is 5.92 Å². The third-order valence-corrected chi connectivity index (χ3v) is 3.59. The number of carbonyl (C=O) groups excluding carboxylic acids is 1. The average Bonchev–Trinajstić information content (AvgIpc) is 2.87. The van der Waals surface area contributed by atoms with E-state index in [1.807, 2.05) is 5.38 Å². The van der Waals surface area contributed by atoms with E-state index in [0.717, 1.165) is 17.2 Å². The molecule has 0 spiro atoms. The van der Waals surface area contributed by atoms with E-state index in [1.165, 1.54) is 24.2 Å². The number of thiol groups is 1. The SMILES string of the molecule is O=C(OCCC1CC1)c1cc(S)cs1. The van der Waals surface area contributed by atoms with Crippen molar-refractivity contribution in [2.45, 2.75) is 24.2 Å². The van der Waals surface area contributed by atoms with Crippen molar-refractivity contribution in [2.24, 2.45) is 5.92 Å². The van der Waals surface area contributed by atoms with Crippen LogP contribution >= 0.6 is 24.0 Å². The van der Waals surface area contributed by atoms with E-state index in [-0.39, 0.29) is 5.97 Å². The van der Waals surface area contributed by atoms with Gasteiger partial charge in [0.15, 0.2) is 0 Å². The van der Waals surface area contributed by atoms with Crippen molar-refractivity contribution in [3.05, 3.63) is 16.3 Å². The first-order valence-corrected chi connectivity index (χ1v) is 6.03. The van der Waals surface area contributed by atoms with E-state index in [1.54, 1.807) is 6.07 Å². The molecule has 2 rings (SSSR count). The zero-order valence-electron chi connectivity index (χ0n) is 7.73. The molecule has 2 nitrogen and oxygen atoms in total. The summed E-state index contributed by atoms with van der Waals surface area (Å²) in [5.74, 6) is 0.600. The first-order valence-electron chi connectivity index (χ1n) is 4.70. The van der Waals surface area contributed by atoms with Crippen LogP contribution in [-0.4, -0.2) is 12.6 Å². The fourth-order valence-electron chi connectivity index (χ4n) is 1.23. The molecule has 14 heavy (non-hydrogen) atoms. The topological polar surface area (TPSA) is 26.3 Å². The predicted molar refractivity (Wildman–Crippen MR) is 59.2 cm³/mol. The van der Waals surface area contributed by atoms with Crippen LogP contribution in [-0.2, 0) is 4.74 Å². The van der Waals surface area contributed by atoms with Gasteiger partial charge >= 0.3 is 5.97 Å². The molecule has 0 unspecified atom stereocenters. The predicted octanol–water partition coefficient (Wildman–Crippen LogP) is 2.99. The minimum Gasteiger partial charge on any atom is -0.461 e. The largest absolute Gasteiger partial charge is 0.461 e. The summed E-state index contributed by atoms with van der Waals surface area (Å²) in [5, 5.41) is 1.83. The summed E-state index contributed by atoms with van der Waals surface area (Å²) in [4.78, 5) is 12.9. The molecule has 1 aliphatic rings. The zero-order valence-corrected chi connectivity index (χ0v) is 9.44. The molecule has 1 fully saturated rings. The van der Waals surface area contributed by atoms with Gasteiger partial charge in [-0.2, -0.15) is 0 Å².